The van der Waals surface area contributed by atoms with Crippen molar-refractivity contribution in [3.05, 3.63) is 59.1 Å². The van der Waals surface area contributed by atoms with Gasteiger partial charge in [-0.25, -0.2) is 4.79 Å². The molecule has 2 aromatic rings. The second-order valence-corrected chi connectivity index (χ2v) is 6.57. The second kappa shape index (κ2) is 8.85. The predicted octanol–water partition coefficient (Wildman–Crippen LogP) is 4.92. The second-order valence-electron chi connectivity index (χ2n) is 5.00. The van der Waals surface area contributed by atoms with Crippen LogP contribution in [0.5, 0.6) is 5.75 Å². The molecule has 0 amide bonds. The Morgan fingerprint density at radius 1 is 1.22 bits per heavy atom. The highest BCUT2D eigenvalue weighted by Gasteiger charge is 2.19. The number of aryl methyl sites for hydroxylation is 1. The van der Waals surface area contributed by atoms with E-state index in [-0.39, 0.29) is 0 Å². The Morgan fingerprint density at radius 3 is 2.57 bits per heavy atom. The van der Waals surface area contributed by atoms with Crippen LogP contribution in [0.3, 0.4) is 0 Å². The van der Waals surface area contributed by atoms with Crippen molar-refractivity contribution in [3.8, 4) is 5.75 Å². The molecule has 0 aromatic heterocycles. The molecule has 2 aromatic carbocycles. The normalized spacial score (nSPS) is 11.9. The third-order valence-corrected chi connectivity index (χ3v) is 4.76. The fourth-order valence-electron chi connectivity index (χ4n) is 2.12. The lowest BCUT2D eigenvalue weighted by Crippen LogP contribution is -2.27. The van der Waals surface area contributed by atoms with E-state index in [2.05, 4.69) is 19.1 Å². The first-order valence-corrected chi connectivity index (χ1v) is 8.82. The van der Waals surface area contributed by atoms with Gasteiger partial charge in [0.1, 0.15) is 5.75 Å². The summed E-state index contributed by atoms with van der Waals surface area (Å²) < 4.78 is 5.55. The van der Waals surface area contributed by atoms with Gasteiger partial charge in [-0.15, -0.1) is 11.8 Å². The number of benzene rings is 2. The zero-order chi connectivity index (χ0) is 16.7. The van der Waals surface area contributed by atoms with Crippen LogP contribution in [-0.4, -0.2) is 22.9 Å². The Hall–Kier alpha value is -1.65. The van der Waals surface area contributed by atoms with Crippen molar-refractivity contribution in [2.75, 3.05) is 5.75 Å². The first-order valence-electron chi connectivity index (χ1n) is 7.46. The van der Waals surface area contributed by atoms with Gasteiger partial charge in [-0.05, 0) is 42.3 Å². The van der Waals surface area contributed by atoms with Gasteiger partial charge in [0.25, 0.3) is 0 Å². The molecule has 1 atom stereocenters. The van der Waals surface area contributed by atoms with Crippen molar-refractivity contribution in [2.45, 2.75) is 30.8 Å². The predicted molar refractivity (Wildman–Crippen MR) is 94.7 cm³/mol. The van der Waals surface area contributed by atoms with Gasteiger partial charge in [0.15, 0.2) is 6.10 Å². The number of carboxylic acid groups (broad SMARTS) is 1. The van der Waals surface area contributed by atoms with Gasteiger partial charge < -0.3 is 9.84 Å². The fraction of sp³-hybridized carbons (Fsp3) is 0.278. The van der Waals surface area contributed by atoms with E-state index in [4.69, 9.17) is 16.3 Å². The van der Waals surface area contributed by atoms with Crippen LogP contribution >= 0.6 is 23.4 Å². The number of carboxylic acids is 1. The molecule has 122 valence electrons. The van der Waals surface area contributed by atoms with Crippen LogP contribution in [0.15, 0.2) is 53.4 Å². The summed E-state index contributed by atoms with van der Waals surface area (Å²) in [6, 6.07) is 14.9. The van der Waals surface area contributed by atoms with E-state index in [0.29, 0.717) is 22.9 Å². The zero-order valence-electron chi connectivity index (χ0n) is 12.9. The number of rotatable bonds is 8. The monoisotopic (exact) mass is 350 g/mol. The molecule has 5 heteroatoms. The van der Waals surface area contributed by atoms with Gasteiger partial charge in [0, 0.05) is 22.1 Å². The summed E-state index contributed by atoms with van der Waals surface area (Å²) in [4.78, 5) is 12.6. The third kappa shape index (κ3) is 5.48. The molecule has 0 aliphatic rings. The van der Waals surface area contributed by atoms with E-state index in [9.17, 15) is 9.90 Å². The van der Waals surface area contributed by atoms with Gasteiger partial charge in [0.05, 0.1) is 0 Å². The van der Waals surface area contributed by atoms with Crippen molar-refractivity contribution in [2.24, 2.45) is 0 Å². The number of carbonyl (C=O) groups is 1. The molecule has 0 aliphatic heterocycles. The average Bonchev–Trinajstić information content (AvgIpc) is 2.56. The minimum absolute atomic E-state index is 0.431. The van der Waals surface area contributed by atoms with E-state index >= 15 is 0 Å². The molecule has 0 saturated heterocycles. The van der Waals surface area contributed by atoms with Gasteiger partial charge in [-0.1, -0.05) is 36.7 Å². The quantitative estimate of drug-likeness (QED) is 0.686. The summed E-state index contributed by atoms with van der Waals surface area (Å²) in [6.45, 7) is 2.11. The van der Waals surface area contributed by atoms with E-state index in [1.165, 1.54) is 10.5 Å². The van der Waals surface area contributed by atoms with Crippen molar-refractivity contribution in [1.29, 1.82) is 0 Å². The Bertz CT molecular complexity index is 643. The van der Waals surface area contributed by atoms with E-state index < -0.39 is 12.1 Å². The summed E-state index contributed by atoms with van der Waals surface area (Å²) in [5.41, 5.74) is 1.28. The number of thioether (sulfide) groups is 1. The SMILES string of the molecule is CCc1ccccc1SCCC(Oc1ccc(Cl)cc1)C(=O)O. The number of hydrogen-bond acceptors (Lipinski definition) is 3. The summed E-state index contributed by atoms with van der Waals surface area (Å²) in [6.07, 6.45) is 0.533. The number of ether oxygens (including phenoxy) is 1. The van der Waals surface area contributed by atoms with Crippen LogP contribution in [0, 0.1) is 0 Å². The van der Waals surface area contributed by atoms with E-state index in [1.54, 1.807) is 36.0 Å². The molecule has 3 nitrogen and oxygen atoms in total. The smallest absolute Gasteiger partial charge is 0.344 e. The van der Waals surface area contributed by atoms with Gasteiger partial charge >= 0.3 is 5.97 Å². The lowest BCUT2D eigenvalue weighted by atomic mass is 10.2. The molecule has 1 N–H and O–H groups in total. The minimum atomic E-state index is -0.954. The van der Waals surface area contributed by atoms with Crippen molar-refractivity contribution < 1.29 is 14.6 Å². The molecule has 0 saturated carbocycles. The van der Waals surface area contributed by atoms with Crippen molar-refractivity contribution in [1.82, 2.24) is 0 Å². The van der Waals surface area contributed by atoms with Crippen LogP contribution in [0.2, 0.25) is 5.02 Å². The highest BCUT2D eigenvalue weighted by atomic mass is 35.5. The van der Waals surface area contributed by atoms with Crippen LogP contribution in [-0.2, 0) is 11.2 Å². The first-order chi connectivity index (χ1) is 11.1. The van der Waals surface area contributed by atoms with E-state index in [1.807, 2.05) is 12.1 Å². The Labute approximate surface area is 145 Å². The van der Waals surface area contributed by atoms with Crippen LogP contribution in [0.1, 0.15) is 18.9 Å². The van der Waals surface area contributed by atoms with Crippen molar-refractivity contribution >= 4 is 29.3 Å². The average molecular weight is 351 g/mol. The fourth-order valence-corrected chi connectivity index (χ4v) is 3.37. The topological polar surface area (TPSA) is 46.5 Å². The lowest BCUT2D eigenvalue weighted by Gasteiger charge is -2.15. The summed E-state index contributed by atoms with van der Waals surface area (Å²) >= 11 is 7.48. The minimum Gasteiger partial charge on any atom is -0.479 e. The molecule has 2 rings (SSSR count). The van der Waals surface area contributed by atoms with Gasteiger partial charge in [-0.3, -0.25) is 0 Å². The maximum absolute atomic E-state index is 11.4. The zero-order valence-corrected chi connectivity index (χ0v) is 14.4. The van der Waals surface area contributed by atoms with Crippen LogP contribution in [0.25, 0.3) is 0 Å². The Balaban J connectivity index is 1.92. The van der Waals surface area contributed by atoms with Crippen LogP contribution in [0.4, 0.5) is 0 Å². The Morgan fingerprint density at radius 2 is 1.91 bits per heavy atom. The van der Waals surface area contributed by atoms with E-state index in [0.717, 1.165) is 6.42 Å². The maximum atomic E-state index is 11.4. The lowest BCUT2D eigenvalue weighted by molar-refractivity contribution is -0.145. The largest absolute Gasteiger partial charge is 0.479 e. The standard InChI is InChI=1S/C18H19ClO3S/c1-2-13-5-3-4-6-17(13)23-12-11-16(18(20)21)22-15-9-7-14(19)8-10-15/h3-10,16H,2,11-12H2,1H3,(H,20,21). The summed E-state index contributed by atoms with van der Waals surface area (Å²) in [5, 5.41) is 9.92. The molecule has 0 aliphatic carbocycles. The molecule has 0 bridgehead atoms. The van der Waals surface area contributed by atoms with Crippen molar-refractivity contribution in [3.63, 3.8) is 0 Å². The van der Waals surface area contributed by atoms with Crippen LogP contribution < -0.4 is 4.74 Å². The molecule has 0 heterocycles. The third-order valence-electron chi connectivity index (χ3n) is 3.36. The molecule has 0 spiro atoms. The molecule has 23 heavy (non-hydrogen) atoms. The first kappa shape index (κ1) is 17.7. The Kier molecular flexibility index (Phi) is 6.81. The molecular formula is C18H19ClO3S. The van der Waals surface area contributed by atoms with Gasteiger partial charge in [0.2, 0.25) is 0 Å². The highest BCUT2D eigenvalue weighted by molar-refractivity contribution is 7.99. The molecule has 0 radical (unpaired) electrons. The number of hydrogen-bond donors (Lipinski definition) is 1. The molecule has 0 fully saturated rings. The number of aliphatic carboxylic acids is 1. The van der Waals surface area contributed by atoms with Gasteiger partial charge in [-0.2, -0.15) is 0 Å². The molecule has 1 unspecified atom stereocenters. The summed E-state index contributed by atoms with van der Waals surface area (Å²) in [7, 11) is 0. The number of halogens is 1. The highest BCUT2D eigenvalue weighted by Crippen LogP contribution is 2.25. The molecular weight excluding hydrogens is 332 g/mol. The summed E-state index contributed by atoms with van der Waals surface area (Å²) in [5.74, 6) is 0.242. The maximum Gasteiger partial charge on any atom is 0.344 e.